The number of hydrogen-bond donors (Lipinski definition) is 2. The summed E-state index contributed by atoms with van der Waals surface area (Å²) in [5.74, 6) is 1.03. The molecule has 0 atom stereocenters. The van der Waals surface area contributed by atoms with Gasteiger partial charge in [-0.1, -0.05) is 12.1 Å². The van der Waals surface area contributed by atoms with E-state index in [0.29, 0.717) is 23.6 Å². The molecule has 0 radical (unpaired) electrons. The Labute approximate surface area is 153 Å². The summed E-state index contributed by atoms with van der Waals surface area (Å²) >= 11 is 0. The van der Waals surface area contributed by atoms with Gasteiger partial charge in [-0.05, 0) is 55.7 Å². The molecule has 0 aliphatic carbocycles. The maximum absolute atomic E-state index is 12.4. The van der Waals surface area contributed by atoms with Crippen LogP contribution in [0.15, 0.2) is 36.4 Å². The van der Waals surface area contributed by atoms with E-state index in [-0.39, 0.29) is 5.91 Å². The van der Waals surface area contributed by atoms with Gasteiger partial charge in [0.2, 0.25) is 0 Å². The van der Waals surface area contributed by atoms with E-state index in [9.17, 15) is 4.79 Å². The molecule has 1 amide bonds. The van der Waals surface area contributed by atoms with Gasteiger partial charge in [0.15, 0.2) is 11.5 Å². The molecule has 0 spiro atoms. The van der Waals surface area contributed by atoms with Crippen molar-refractivity contribution in [3.8, 4) is 11.5 Å². The van der Waals surface area contributed by atoms with Gasteiger partial charge in [-0.3, -0.25) is 4.79 Å². The van der Waals surface area contributed by atoms with Crippen molar-refractivity contribution in [2.75, 3.05) is 20.8 Å². The van der Waals surface area contributed by atoms with Gasteiger partial charge in [0, 0.05) is 28.7 Å². The smallest absolute Gasteiger partial charge is 0.251 e. The first-order valence-corrected chi connectivity index (χ1v) is 8.62. The number of amides is 1. The monoisotopic (exact) mass is 352 g/mol. The van der Waals surface area contributed by atoms with Gasteiger partial charge in [0.25, 0.3) is 5.91 Å². The number of carbonyl (C=O) groups excluding carboxylic acids is 1. The Morgan fingerprint density at radius 1 is 1.08 bits per heavy atom. The summed E-state index contributed by atoms with van der Waals surface area (Å²) in [6.07, 6.45) is 0.774. The van der Waals surface area contributed by atoms with E-state index in [2.05, 4.69) is 42.3 Å². The number of ether oxygens (including phenoxy) is 2. The molecule has 1 aromatic heterocycles. The molecule has 3 rings (SSSR count). The highest BCUT2D eigenvalue weighted by Crippen LogP contribution is 2.28. The summed E-state index contributed by atoms with van der Waals surface area (Å²) in [7, 11) is 3.13. The predicted molar refractivity (Wildman–Crippen MR) is 103 cm³/mol. The Hall–Kier alpha value is -2.95. The molecule has 3 aromatic rings. The lowest BCUT2D eigenvalue weighted by atomic mass is 10.0. The molecule has 136 valence electrons. The second-order valence-electron chi connectivity index (χ2n) is 6.30. The van der Waals surface area contributed by atoms with E-state index in [1.165, 1.54) is 16.5 Å². The first-order valence-electron chi connectivity index (χ1n) is 8.62. The van der Waals surface area contributed by atoms with Crippen molar-refractivity contribution in [1.82, 2.24) is 10.3 Å². The third kappa shape index (κ3) is 3.38. The minimum Gasteiger partial charge on any atom is -0.493 e. The zero-order chi connectivity index (χ0) is 18.7. The molecule has 2 aromatic carbocycles. The molecule has 5 nitrogen and oxygen atoms in total. The lowest BCUT2D eigenvalue weighted by molar-refractivity contribution is 0.0953. The van der Waals surface area contributed by atoms with E-state index in [0.717, 1.165) is 17.6 Å². The largest absolute Gasteiger partial charge is 0.493 e. The number of fused-ring (bicyclic) bond motifs is 1. The van der Waals surface area contributed by atoms with E-state index >= 15 is 0 Å². The number of rotatable bonds is 6. The number of aromatic amines is 1. The fourth-order valence-corrected chi connectivity index (χ4v) is 3.33. The lowest BCUT2D eigenvalue weighted by Crippen LogP contribution is -2.25. The second-order valence-corrected chi connectivity index (χ2v) is 6.30. The van der Waals surface area contributed by atoms with Crippen molar-refractivity contribution >= 4 is 16.8 Å². The van der Waals surface area contributed by atoms with Crippen LogP contribution in [0.3, 0.4) is 0 Å². The number of carbonyl (C=O) groups is 1. The zero-order valence-corrected chi connectivity index (χ0v) is 15.6. The number of nitrogens with one attached hydrogen (secondary N) is 2. The molecule has 0 aliphatic heterocycles. The maximum atomic E-state index is 12.4. The quantitative estimate of drug-likeness (QED) is 0.710. The van der Waals surface area contributed by atoms with Crippen molar-refractivity contribution in [3.63, 3.8) is 0 Å². The second kappa shape index (κ2) is 7.52. The SMILES string of the molecule is COc1ccc(C(=O)NCCc2c(C)[nH]c3cccc(C)c23)cc1OC. The number of methoxy groups -OCH3 is 2. The molecule has 0 unspecified atom stereocenters. The molecule has 5 heteroatoms. The zero-order valence-electron chi connectivity index (χ0n) is 15.6. The third-order valence-corrected chi connectivity index (χ3v) is 4.66. The van der Waals surface area contributed by atoms with Crippen LogP contribution >= 0.6 is 0 Å². The van der Waals surface area contributed by atoms with E-state index in [4.69, 9.17) is 9.47 Å². The first-order chi connectivity index (χ1) is 12.5. The standard InChI is InChI=1S/C21H24N2O3/c1-13-6-5-7-17-20(13)16(14(2)23-17)10-11-22-21(24)15-8-9-18(25-3)19(12-15)26-4/h5-9,12,23H,10-11H2,1-4H3,(H,22,24). The average molecular weight is 352 g/mol. The third-order valence-electron chi connectivity index (χ3n) is 4.66. The van der Waals surface area contributed by atoms with Crippen LogP contribution in [-0.4, -0.2) is 31.7 Å². The van der Waals surface area contributed by atoms with Gasteiger partial charge >= 0.3 is 0 Å². The minimum absolute atomic E-state index is 0.125. The minimum atomic E-state index is -0.125. The van der Waals surface area contributed by atoms with Gasteiger partial charge in [0.05, 0.1) is 14.2 Å². The number of aryl methyl sites for hydroxylation is 2. The van der Waals surface area contributed by atoms with Crippen molar-refractivity contribution in [3.05, 3.63) is 58.8 Å². The number of H-pyrrole nitrogens is 1. The molecule has 0 saturated heterocycles. The van der Waals surface area contributed by atoms with Crippen LogP contribution in [0.1, 0.15) is 27.2 Å². The van der Waals surface area contributed by atoms with Crippen LogP contribution in [0, 0.1) is 13.8 Å². The fourth-order valence-electron chi connectivity index (χ4n) is 3.33. The summed E-state index contributed by atoms with van der Waals surface area (Å²) in [6, 6.07) is 11.4. The average Bonchev–Trinajstić information content (AvgIpc) is 2.97. The molecule has 26 heavy (non-hydrogen) atoms. The molecule has 0 fully saturated rings. The molecule has 0 bridgehead atoms. The van der Waals surface area contributed by atoms with Crippen LogP contribution < -0.4 is 14.8 Å². The van der Waals surface area contributed by atoms with Gasteiger partial charge in [-0.15, -0.1) is 0 Å². The highest BCUT2D eigenvalue weighted by Gasteiger charge is 2.13. The van der Waals surface area contributed by atoms with Crippen molar-refractivity contribution in [2.45, 2.75) is 20.3 Å². The first kappa shape index (κ1) is 17.9. The van der Waals surface area contributed by atoms with Crippen LogP contribution in [0.2, 0.25) is 0 Å². The van der Waals surface area contributed by atoms with Gasteiger partial charge in [-0.2, -0.15) is 0 Å². The van der Waals surface area contributed by atoms with Crippen LogP contribution in [0.4, 0.5) is 0 Å². The normalized spacial score (nSPS) is 10.8. The molecular weight excluding hydrogens is 328 g/mol. The van der Waals surface area contributed by atoms with Gasteiger partial charge < -0.3 is 19.8 Å². The summed E-state index contributed by atoms with van der Waals surface area (Å²) in [5.41, 5.74) is 5.34. The van der Waals surface area contributed by atoms with E-state index < -0.39 is 0 Å². The predicted octanol–water partition coefficient (Wildman–Crippen LogP) is 3.77. The molecule has 0 aliphatic rings. The Kier molecular flexibility index (Phi) is 5.16. The topological polar surface area (TPSA) is 63.3 Å². The summed E-state index contributed by atoms with van der Waals surface area (Å²) in [5, 5.41) is 4.24. The van der Waals surface area contributed by atoms with Crippen LogP contribution in [0.25, 0.3) is 10.9 Å². The summed E-state index contributed by atoms with van der Waals surface area (Å²) < 4.78 is 10.5. The number of benzene rings is 2. The van der Waals surface area contributed by atoms with Crippen molar-refractivity contribution in [1.29, 1.82) is 0 Å². The highest BCUT2D eigenvalue weighted by molar-refractivity contribution is 5.95. The van der Waals surface area contributed by atoms with Gasteiger partial charge in [-0.25, -0.2) is 0 Å². The summed E-state index contributed by atoms with van der Waals surface area (Å²) in [6.45, 7) is 4.75. The van der Waals surface area contributed by atoms with E-state index in [1.807, 2.05) is 0 Å². The molecule has 0 saturated carbocycles. The number of aromatic nitrogens is 1. The molecule has 1 heterocycles. The number of hydrogen-bond acceptors (Lipinski definition) is 3. The van der Waals surface area contributed by atoms with Crippen LogP contribution in [-0.2, 0) is 6.42 Å². The maximum Gasteiger partial charge on any atom is 0.251 e. The highest BCUT2D eigenvalue weighted by atomic mass is 16.5. The van der Waals surface area contributed by atoms with E-state index in [1.54, 1.807) is 32.4 Å². The van der Waals surface area contributed by atoms with Crippen molar-refractivity contribution < 1.29 is 14.3 Å². The molecular formula is C21H24N2O3. The van der Waals surface area contributed by atoms with Gasteiger partial charge in [0.1, 0.15) is 0 Å². The lowest BCUT2D eigenvalue weighted by Gasteiger charge is -2.10. The summed E-state index contributed by atoms with van der Waals surface area (Å²) in [4.78, 5) is 15.9. The fraction of sp³-hybridized carbons (Fsp3) is 0.286. The molecule has 2 N–H and O–H groups in total. The van der Waals surface area contributed by atoms with Crippen molar-refractivity contribution in [2.24, 2.45) is 0 Å². The Morgan fingerprint density at radius 3 is 2.58 bits per heavy atom. The van der Waals surface area contributed by atoms with Crippen LogP contribution in [0.5, 0.6) is 11.5 Å². The Balaban J connectivity index is 1.71. The Morgan fingerprint density at radius 2 is 1.85 bits per heavy atom. The Bertz CT molecular complexity index is 944.